The number of sulfonamides is 1. The molecular weight excluding hydrogens is 496 g/mol. The first kappa shape index (κ1) is 24.6. The van der Waals surface area contributed by atoms with Crippen molar-refractivity contribution in [2.24, 2.45) is 5.73 Å². The Bertz CT molecular complexity index is 1290. The standard InChI is InChI=1S/C23H25ClN4O4S2/c1-16-20(23(25)30)13-21(28(16)14-18-3-2-12-33-18)22(29)15-26-8-10-27(11-9-26)34(31,32)19-6-4-17(24)5-7-19/h2-7,12-13H,8-11,14-15H2,1H3,(H2,25,30). The number of rotatable bonds is 8. The number of nitrogens with two attached hydrogens (primary N) is 1. The van der Waals surface area contributed by atoms with Crippen LogP contribution in [0.15, 0.2) is 52.7 Å². The van der Waals surface area contributed by atoms with E-state index in [1.165, 1.54) is 16.4 Å². The zero-order valence-corrected chi connectivity index (χ0v) is 21.0. The fourth-order valence-electron chi connectivity index (χ4n) is 4.06. The quantitative estimate of drug-likeness (QED) is 0.460. The van der Waals surface area contributed by atoms with Gasteiger partial charge in [-0.1, -0.05) is 17.7 Å². The van der Waals surface area contributed by atoms with Crippen molar-refractivity contribution in [3.63, 3.8) is 0 Å². The number of ketones is 1. The summed E-state index contributed by atoms with van der Waals surface area (Å²) in [6, 6.07) is 11.6. The van der Waals surface area contributed by atoms with Crippen LogP contribution in [0.4, 0.5) is 0 Å². The summed E-state index contributed by atoms with van der Waals surface area (Å²) >= 11 is 7.44. The van der Waals surface area contributed by atoms with Crippen LogP contribution < -0.4 is 5.73 Å². The van der Waals surface area contributed by atoms with Crippen molar-refractivity contribution in [3.05, 3.63) is 74.7 Å². The van der Waals surface area contributed by atoms with Crippen molar-refractivity contribution in [2.75, 3.05) is 32.7 Å². The number of thiophene rings is 1. The van der Waals surface area contributed by atoms with E-state index in [0.29, 0.717) is 41.6 Å². The number of halogens is 1. The molecule has 1 amide bonds. The first-order valence-corrected chi connectivity index (χ1v) is 13.4. The van der Waals surface area contributed by atoms with E-state index in [2.05, 4.69) is 0 Å². The molecule has 1 aromatic carbocycles. The number of piperazine rings is 1. The maximum atomic E-state index is 13.2. The van der Waals surface area contributed by atoms with Gasteiger partial charge in [-0.25, -0.2) is 8.42 Å². The first-order valence-electron chi connectivity index (χ1n) is 10.7. The predicted octanol–water partition coefficient (Wildman–Crippen LogP) is 2.85. The lowest BCUT2D eigenvalue weighted by molar-refractivity contribution is 0.0892. The van der Waals surface area contributed by atoms with Crippen molar-refractivity contribution < 1.29 is 18.0 Å². The molecule has 0 aliphatic carbocycles. The molecule has 2 aromatic heterocycles. The van der Waals surface area contributed by atoms with Gasteiger partial charge in [0.05, 0.1) is 29.2 Å². The van der Waals surface area contributed by atoms with E-state index in [-0.39, 0.29) is 30.3 Å². The van der Waals surface area contributed by atoms with Gasteiger partial charge in [0.2, 0.25) is 10.0 Å². The highest BCUT2D eigenvalue weighted by Crippen LogP contribution is 2.22. The van der Waals surface area contributed by atoms with Crippen LogP contribution in [0.5, 0.6) is 0 Å². The number of hydrogen-bond donors (Lipinski definition) is 1. The third-order valence-corrected chi connectivity index (χ3v) is 8.99. The van der Waals surface area contributed by atoms with Gasteiger partial charge in [-0.3, -0.25) is 14.5 Å². The van der Waals surface area contributed by atoms with Gasteiger partial charge in [0.1, 0.15) is 0 Å². The van der Waals surface area contributed by atoms with E-state index in [0.717, 1.165) is 4.88 Å². The molecule has 1 saturated heterocycles. The van der Waals surface area contributed by atoms with Crippen LogP contribution in [-0.2, 0) is 16.6 Å². The van der Waals surface area contributed by atoms with Crippen LogP contribution in [0.25, 0.3) is 0 Å². The van der Waals surface area contributed by atoms with Crippen molar-refractivity contribution in [3.8, 4) is 0 Å². The molecule has 0 atom stereocenters. The fraction of sp³-hybridized carbons (Fsp3) is 0.304. The molecule has 4 rings (SSSR count). The molecular formula is C23H25ClN4O4S2. The second kappa shape index (κ2) is 10.0. The van der Waals surface area contributed by atoms with Gasteiger partial charge in [-0.2, -0.15) is 4.31 Å². The molecule has 3 heterocycles. The molecule has 3 aromatic rings. The molecule has 1 fully saturated rings. The topological polar surface area (TPSA) is 106 Å². The van der Waals surface area contributed by atoms with Crippen molar-refractivity contribution >= 4 is 44.7 Å². The van der Waals surface area contributed by atoms with E-state index in [9.17, 15) is 18.0 Å². The maximum absolute atomic E-state index is 13.2. The highest BCUT2D eigenvalue weighted by Gasteiger charge is 2.30. The molecule has 8 nitrogen and oxygen atoms in total. The highest BCUT2D eigenvalue weighted by atomic mass is 35.5. The number of primary amides is 1. The number of carbonyl (C=O) groups excluding carboxylic acids is 2. The summed E-state index contributed by atoms with van der Waals surface area (Å²) in [5, 5.41) is 2.43. The average Bonchev–Trinajstić information content (AvgIpc) is 3.43. The van der Waals surface area contributed by atoms with E-state index in [1.54, 1.807) is 36.5 Å². The average molecular weight is 521 g/mol. The van der Waals surface area contributed by atoms with Crippen molar-refractivity contribution in [1.82, 2.24) is 13.8 Å². The summed E-state index contributed by atoms with van der Waals surface area (Å²) in [4.78, 5) is 28.3. The van der Waals surface area contributed by atoms with Gasteiger partial charge in [-0.15, -0.1) is 11.3 Å². The number of hydrogen-bond acceptors (Lipinski definition) is 6. The van der Waals surface area contributed by atoms with Crippen LogP contribution in [0.3, 0.4) is 0 Å². The second-order valence-electron chi connectivity index (χ2n) is 8.12. The third kappa shape index (κ3) is 5.11. The van der Waals surface area contributed by atoms with Gasteiger partial charge >= 0.3 is 0 Å². The Labute approximate surface area is 207 Å². The van der Waals surface area contributed by atoms with Crippen molar-refractivity contribution in [2.45, 2.75) is 18.4 Å². The summed E-state index contributed by atoms with van der Waals surface area (Å²) in [5.41, 5.74) is 6.94. The number of benzene rings is 1. The summed E-state index contributed by atoms with van der Waals surface area (Å²) in [6.45, 7) is 3.79. The van der Waals surface area contributed by atoms with E-state index >= 15 is 0 Å². The molecule has 0 unspecified atom stereocenters. The number of Topliss-reactive ketones (excluding diaryl/α,β-unsaturated/α-hetero) is 1. The smallest absolute Gasteiger partial charge is 0.250 e. The van der Waals surface area contributed by atoms with E-state index in [1.807, 2.05) is 27.0 Å². The highest BCUT2D eigenvalue weighted by molar-refractivity contribution is 7.89. The normalized spacial score (nSPS) is 15.5. The molecule has 0 bridgehead atoms. The second-order valence-corrected chi connectivity index (χ2v) is 11.5. The SMILES string of the molecule is Cc1c(C(N)=O)cc(C(=O)CN2CCN(S(=O)(=O)c3ccc(Cl)cc3)CC2)n1Cc1cccs1. The third-order valence-electron chi connectivity index (χ3n) is 5.96. The Balaban J connectivity index is 1.45. The number of amides is 1. The van der Waals surface area contributed by atoms with Gasteiger partial charge in [0.15, 0.2) is 5.78 Å². The lowest BCUT2D eigenvalue weighted by atomic mass is 10.2. The Morgan fingerprint density at radius 2 is 1.76 bits per heavy atom. The lowest BCUT2D eigenvalue weighted by Gasteiger charge is -2.33. The summed E-state index contributed by atoms with van der Waals surface area (Å²) in [6.07, 6.45) is 0. The van der Waals surface area contributed by atoms with Crippen LogP contribution in [0.2, 0.25) is 5.02 Å². The summed E-state index contributed by atoms with van der Waals surface area (Å²) in [7, 11) is -3.62. The zero-order chi connectivity index (χ0) is 24.5. The molecule has 34 heavy (non-hydrogen) atoms. The summed E-state index contributed by atoms with van der Waals surface area (Å²) in [5.74, 6) is -0.710. The number of carbonyl (C=O) groups is 2. The maximum Gasteiger partial charge on any atom is 0.250 e. The Kier molecular flexibility index (Phi) is 7.25. The first-order chi connectivity index (χ1) is 16.2. The van der Waals surface area contributed by atoms with E-state index in [4.69, 9.17) is 17.3 Å². The van der Waals surface area contributed by atoms with Gasteiger partial charge in [-0.05, 0) is 48.7 Å². The van der Waals surface area contributed by atoms with E-state index < -0.39 is 15.9 Å². The molecule has 11 heteroatoms. The Hall–Kier alpha value is -2.50. The van der Waals surface area contributed by atoms with Gasteiger partial charge in [0.25, 0.3) is 5.91 Å². The largest absolute Gasteiger partial charge is 0.366 e. The molecule has 1 aliphatic heterocycles. The molecule has 1 aliphatic rings. The molecule has 180 valence electrons. The molecule has 0 spiro atoms. The molecule has 0 saturated carbocycles. The minimum absolute atomic E-state index is 0.126. The van der Waals surface area contributed by atoms with Crippen LogP contribution in [-0.4, -0.2) is 66.6 Å². The van der Waals surface area contributed by atoms with Crippen LogP contribution in [0, 0.1) is 6.92 Å². The monoisotopic (exact) mass is 520 g/mol. The van der Waals surface area contributed by atoms with Crippen LogP contribution >= 0.6 is 22.9 Å². The minimum atomic E-state index is -3.62. The zero-order valence-electron chi connectivity index (χ0n) is 18.6. The fourth-order valence-corrected chi connectivity index (χ4v) is 6.30. The van der Waals surface area contributed by atoms with Gasteiger partial charge < -0.3 is 10.3 Å². The Morgan fingerprint density at radius 1 is 1.09 bits per heavy atom. The number of aromatic nitrogens is 1. The summed E-state index contributed by atoms with van der Waals surface area (Å²) < 4.78 is 29.1. The lowest BCUT2D eigenvalue weighted by Crippen LogP contribution is -2.49. The van der Waals surface area contributed by atoms with Gasteiger partial charge in [0, 0.05) is 41.8 Å². The number of nitrogens with zero attached hydrogens (tertiary/aromatic N) is 3. The minimum Gasteiger partial charge on any atom is -0.366 e. The van der Waals surface area contributed by atoms with Crippen molar-refractivity contribution in [1.29, 1.82) is 0 Å². The van der Waals surface area contributed by atoms with Crippen LogP contribution in [0.1, 0.15) is 31.4 Å². The molecule has 0 radical (unpaired) electrons. The predicted molar refractivity (Wildman–Crippen MR) is 132 cm³/mol. The molecule has 2 N–H and O–H groups in total. The Morgan fingerprint density at radius 3 is 2.35 bits per heavy atom.